The number of fused-ring (bicyclic) bond motifs is 1. The minimum absolute atomic E-state index is 0.322. The molecule has 0 spiro atoms. The third-order valence-electron chi connectivity index (χ3n) is 4.89. The zero-order valence-electron chi connectivity index (χ0n) is 17.3. The average Bonchev–Trinajstić information content (AvgIpc) is 3.16. The number of methoxy groups -OCH3 is 2. The van der Waals surface area contributed by atoms with Gasteiger partial charge in [0.05, 0.1) is 19.9 Å². The Morgan fingerprint density at radius 1 is 0.900 bits per heavy atom. The van der Waals surface area contributed by atoms with E-state index in [9.17, 15) is 4.79 Å². The Morgan fingerprint density at radius 3 is 2.10 bits per heavy atom. The van der Waals surface area contributed by atoms with Gasteiger partial charge in [0.25, 0.3) is 5.91 Å². The van der Waals surface area contributed by atoms with E-state index >= 15 is 0 Å². The molecular formula is C23H22N4O3. The molecule has 1 amide bonds. The van der Waals surface area contributed by atoms with Crippen LogP contribution < -0.4 is 14.8 Å². The second-order valence-electron chi connectivity index (χ2n) is 6.97. The molecule has 0 unspecified atom stereocenters. The number of hydrogen-bond acceptors (Lipinski definition) is 5. The summed E-state index contributed by atoms with van der Waals surface area (Å²) in [5.74, 6) is 0.560. The summed E-state index contributed by atoms with van der Waals surface area (Å²) >= 11 is 0. The van der Waals surface area contributed by atoms with E-state index in [2.05, 4.69) is 15.5 Å². The van der Waals surface area contributed by atoms with Gasteiger partial charge in [0.15, 0.2) is 0 Å². The molecule has 0 atom stereocenters. The number of anilines is 1. The summed E-state index contributed by atoms with van der Waals surface area (Å²) in [7, 11) is 3.04. The SMILES string of the molecule is COc1cccc(OC)c1C(=O)Nc1cc2nn(-c3ccc(C)cc3)nc2cc1C. The first-order valence-electron chi connectivity index (χ1n) is 9.47. The lowest BCUT2D eigenvalue weighted by Gasteiger charge is -2.14. The van der Waals surface area contributed by atoms with Gasteiger partial charge in [-0.05, 0) is 55.8 Å². The molecule has 0 aliphatic rings. The number of nitrogens with zero attached hydrogens (tertiary/aromatic N) is 3. The molecule has 0 fully saturated rings. The molecule has 0 bridgehead atoms. The lowest BCUT2D eigenvalue weighted by Crippen LogP contribution is -2.15. The fourth-order valence-electron chi connectivity index (χ4n) is 3.26. The van der Waals surface area contributed by atoms with E-state index < -0.39 is 0 Å². The zero-order valence-corrected chi connectivity index (χ0v) is 17.3. The van der Waals surface area contributed by atoms with Gasteiger partial charge in [-0.3, -0.25) is 4.79 Å². The van der Waals surface area contributed by atoms with E-state index in [4.69, 9.17) is 9.47 Å². The maximum absolute atomic E-state index is 13.0. The van der Waals surface area contributed by atoms with Crippen LogP contribution in [0.4, 0.5) is 5.69 Å². The Balaban J connectivity index is 1.69. The third kappa shape index (κ3) is 3.57. The number of aromatic nitrogens is 3. The van der Waals surface area contributed by atoms with Crippen molar-refractivity contribution in [3.05, 3.63) is 71.3 Å². The quantitative estimate of drug-likeness (QED) is 0.538. The summed E-state index contributed by atoms with van der Waals surface area (Å²) in [4.78, 5) is 14.6. The van der Waals surface area contributed by atoms with Gasteiger partial charge in [0.1, 0.15) is 28.1 Å². The number of carbonyl (C=O) groups is 1. The molecule has 1 aromatic heterocycles. The molecule has 0 radical (unpaired) electrons. The van der Waals surface area contributed by atoms with E-state index in [1.54, 1.807) is 23.0 Å². The molecule has 7 nitrogen and oxygen atoms in total. The normalized spacial score (nSPS) is 10.8. The van der Waals surface area contributed by atoms with Gasteiger partial charge in [-0.15, -0.1) is 10.2 Å². The minimum atomic E-state index is -0.322. The van der Waals surface area contributed by atoms with Crippen LogP contribution in [-0.4, -0.2) is 35.1 Å². The van der Waals surface area contributed by atoms with Gasteiger partial charge in [0.2, 0.25) is 0 Å². The molecule has 4 aromatic rings. The zero-order chi connectivity index (χ0) is 21.3. The number of rotatable bonds is 5. The molecule has 1 N–H and O–H groups in total. The number of nitrogens with one attached hydrogen (secondary N) is 1. The monoisotopic (exact) mass is 402 g/mol. The van der Waals surface area contributed by atoms with Crippen molar-refractivity contribution in [1.29, 1.82) is 0 Å². The first-order chi connectivity index (χ1) is 14.5. The molecule has 0 saturated heterocycles. The Bertz CT molecular complexity index is 1210. The van der Waals surface area contributed by atoms with E-state index in [1.807, 2.05) is 50.2 Å². The predicted octanol–water partition coefficient (Wildman–Crippen LogP) is 4.31. The van der Waals surface area contributed by atoms with Gasteiger partial charge in [-0.25, -0.2) is 0 Å². The highest BCUT2D eigenvalue weighted by Crippen LogP contribution is 2.30. The Labute approximate surface area is 174 Å². The molecule has 1 heterocycles. The van der Waals surface area contributed by atoms with Gasteiger partial charge in [-0.1, -0.05) is 23.8 Å². The summed E-state index contributed by atoms with van der Waals surface area (Å²) < 4.78 is 10.7. The maximum atomic E-state index is 13.0. The maximum Gasteiger partial charge on any atom is 0.263 e. The largest absolute Gasteiger partial charge is 0.496 e. The fraction of sp³-hybridized carbons (Fsp3) is 0.174. The van der Waals surface area contributed by atoms with Crippen molar-refractivity contribution < 1.29 is 14.3 Å². The molecule has 7 heteroatoms. The Morgan fingerprint density at radius 2 is 1.50 bits per heavy atom. The van der Waals surface area contributed by atoms with Gasteiger partial charge in [-0.2, -0.15) is 4.80 Å². The molecule has 3 aromatic carbocycles. The van der Waals surface area contributed by atoms with Crippen molar-refractivity contribution in [3.63, 3.8) is 0 Å². The van der Waals surface area contributed by atoms with E-state index in [0.717, 1.165) is 16.8 Å². The number of hydrogen-bond donors (Lipinski definition) is 1. The van der Waals surface area contributed by atoms with Crippen LogP contribution in [0.15, 0.2) is 54.6 Å². The van der Waals surface area contributed by atoms with Crippen LogP contribution >= 0.6 is 0 Å². The van der Waals surface area contributed by atoms with E-state index in [-0.39, 0.29) is 5.91 Å². The van der Waals surface area contributed by atoms with Crippen molar-refractivity contribution in [2.45, 2.75) is 13.8 Å². The van der Waals surface area contributed by atoms with Gasteiger partial charge in [0, 0.05) is 5.69 Å². The summed E-state index contributed by atoms with van der Waals surface area (Å²) in [5.41, 5.74) is 5.34. The minimum Gasteiger partial charge on any atom is -0.496 e. The second-order valence-corrected chi connectivity index (χ2v) is 6.97. The van der Waals surface area contributed by atoms with Crippen molar-refractivity contribution in [1.82, 2.24) is 15.0 Å². The Hall–Kier alpha value is -3.87. The fourth-order valence-corrected chi connectivity index (χ4v) is 3.26. The van der Waals surface area contributed by atoms with Crippen molar-refractivity contribution >= 4 is 22.6 Å². The number of benzene rings is 3. The van der Waals surface area contributed by atoms with E-state index in [1.165, 1.54) is 19.8 Å². The highest BCUT2D eigenvalue weighted by atomic mass is 16.5. The van der Waals surface area contributed by atoms with Crippen molar-refractivity contribution in [2.75, 3.05) is 19.5 Å². The summed E-state index contributed by atoms with van der Waals surface area (Å²) in [6.07, 6.45) is 0. The lowest BCUT2D eigenvalue weighted by atomic mass is 10.1. The van der Waals surface area contributed by atoms with Crippen LogP contribution in [0.1, 0.15) is 21.5 Å². The first kappa shape index (κ1) is 19.4. The summed E-state index contributed by atoms with van der Waals surface area (Å²) in [6, 6.07) is 16.9. The van der Waals surface area contributed by atoms with Crippen molar-refractivity contribution in [3.8, 4) is 17.2 Å². The number of carbonyl (C=O) groups excluding carboxylic acids is 1. The molecule has 0 aliphatic heterocycles. The predicted molar refractivity (Wildman–Crippen MR) is 116 cm³/mol. The molecule has 0 aliphatic carbocycles. The van der Waals surface area contributed by atoms with Crippen molar-refractivity contribution in [2.24, 2.45) is 0 Å². The molecule has 4 rings (SSSR count). The van der Waals surface area contributed by atoms with Crippen LogP contribution in [0.5, 0.6) is 11.5 Å². The topological polar surface area (TPSA) is 78.3 Å². The molecule has 152 valence electrons. The molecule has 0 saturated carbocycles. The summed E-state index contributed by atoms with van der Waals surface area (Å²) in [5, 5.41) is 12.1. The second kappa shape index (κ2) is 7.87. The number of aryl methyl sites for hydroxylation is 2. The van der Waals surface area contributed by atoms with Crippen LogP contribution in [0.25, 0.3) is 16.7 Å². The highest BCUT2D eigenvalue weighted by Gasteiger charge is 2.19. The van der Waals surface area contributed by atoms with Crippen LogP contribution in [0.2, 0.25) is 0 Å². The summed E-state index contributed by atoms with van der Waals surface area (Å²) in [6.45, 7) is 3.95. The number of ether oxygens (including phenoxy) is 2. The first-order valence-corrected chi connectivity index (χ1v) is 9.47. The number of amides is 1. The van der Waals surface area contributed by atoms with Crippen LogP contribution in [0.3, 0.4) is 0 Å². The van der Waals surface area contributed by atoms with Crippen LogP contribution in [-0.2, 0) is 0 Å². The molecular weight excluding hydrogens is 380 g/mol. The smallest absolute Gasteiger partial charge is 0.263 e. The average molecular weight is 402 g/mol. The third-order valence-corrected chi connectivity index (χ3v) is 4.89. The lowest BCUT2D eigenvalue weighted by molar-refractivity contribution is 0.102. The van der Waals surface area contributed by atoms with Crippen LogP contribution in [0, 0.1) is 13.8 Å². The van der Waals surface area contributed by atoms with Gasteiger partial charge >= 0.3 is 0 Å². The molecule has 30 heavy (non-hydrogen) atoms. The van der Waals surface area contributed by atoms with E-state index in [0.29, 0.717) is 28.3 Å². The van der Waals surface area contributed by atoms with Gasteiger partial charge < -0.3 is 14.8 Å². The Kier molecular flexibility index (Phi) is 5.10. The standard InChI is InChI=1S/C23H22N4O3/c1-14-8-10-16(11-9-14)27-25-18-12-15(2)17(13-19(18)26-27)24-23(28)22-20(29-3)6-5-7-21(22)30-4/h5-13H,1-4H3,(H,24,28). The highest BCUT2D eigenvalue weighted by molar-refractivity contribution is 6.09.